The van der Waals surface area contributed by atoms with Crippen LogP contribution in [0.2, 0.25) is 0 Å². The summed E-state index contributed by atoms with van der Waals surface area (Å²) < 4.78 is 0. The van der Waals surface area contributed by atoms with E-state index in [2.05, 4.69) is 24.4 Å². The summed E-state index contributed by atoms with van der Waals surface area (Å²) in [5.41, 5.74) is 0.573. The second-order valence-electron chi connectivity index (χ2n) is 5.87. The highest BCUT2D eigenvalue weighted by Crippen LogP contribution is 2.43. The van der Waals surface area contributed by atoms with Crippen LogP contribution in [0.3, 0.4) is 0 Å². The molecule has 20 heavy (non-hydrogen) atoms. The van der Waals surface area contributed by atoms with Crippen molar-refractivity contribution >= 4 is 17.2 Å². The number of carbonyl (C=O) groups excluding carboxylic acids is 1. The van der Waals surface area contributed by atoms with Gasteiger partial charge in [-0.2, -0.15) is 5.26 Å². The summed E-state index contributed by atoms with van der Waals surface area (Å²) in [6, 6.07) is 4.67. The normalized spacial score (nSPS) is 24.2. The zero-order valence-corrected chi connectivity index (χ0v) is 12.7. The smallest absolute Gasteiger partial charge is 0.243 e. The van der Waals surface area contributed by atoms with Crippen LogP contribution in [0.4, 0.5) is 0 Å². The van der Waals surface area contributed by atoms with Crippen molar-refractivity contribution in [2.75, 3.05) is 6.54 Å². The molecule has 1 fully saturated rings. The highest BCUT2D eigenvalue weighted by atomic mass is 32.1. The fraction of sp³-hybridized carbons (Fsp3) is 0.625. The first kappa shape index (κ1) is 13.6. The van der Waals surface area contributed by atoms with Gasteiger partial charge in [0.15, 0.2) is 0 Å². The van der Waals surface area contributed by atoms with Crippen molar-refractivity contribution in [1.29, 1.82) is 5.26 Å². The minimum atomic E-state index is -0.735. The zero-order valence-electron chi connectivity index (χ0n) is 11.9. The Balaban J connectivity index is 1.91. The van der Waals surface area contributed by atoms with E-state index in [0.29, 0.717) is 0 Å². The van der Waals surface area contributed by atoms with E-state index in [1.54, 1.807) is 11.3 Å². The lowest BCUT2D eigenvalue weighted by Gasteiger charge is -2.39. The van der Waals surface area contributed by atoms with Crippen LogP contribution in [-0.2, 0) is 11.2 Å². The van der Waals surface area contributed by atoms with Crippen molar-refractivity contribution < 1.29 is 4.79 Å². The van der Waals surface area contributed by atoms with E-state index in [0.717, 1.165) is 45.1 Å². The molecule has 1 atom stereocenters. The SMILES string of the molecule is CCC1c2ccsc2CCN1C(=O)C1(C#N)CCCC1. The molecular weight excluding hydrogens is 268 g/mol. The molecule has 3 rings (SSSR count). The molecule has 2 aliphatic rings. The topological polar surface area (TPSA) is 44.1 Å². The predicted octanol–water partition coefficient (Wildman–Crippen LogP) is 3.67. The number of carbonyl (C=O) groups is 1. The molecule has 0 bridgehead atoms. The molecule has 1 saturated carbocycles. The van der Waals surface area contributed by atoms with Crippen LogP contribution < -0.4 is 0 Å². The fourth-order valence-corrected chi connectivity index (χ4v) is 4.63. The Morgan fingerprint density at radius 3 is 2.95 bits per heavy atom. The van der Waals surface area contributed by atoms with Crippen molar-refractivity contribution in [3.05, 3.63) is 21.9 Å². The monoisotopic (exact) mass is 288 g/mol. The molecule has 0 N–H and O–H groups in total. The number of hydrogen-bond acceptors (Lipinski definition) is 3. The minimum absolute atomic E-state index is 0.0844. The fourth-order valence-electron chi connectivity index (χ4n) is 3.71. The number of fused-ring (bicyclic) bond motifs is 1. The van der Waals surface area contributed by atoms with E-state index in [1.165, 1.54) is 10.4 Å². The molecular formula is C16H20N2OS. The minimum Gasteiger partial charge on any atom is -0.334 e. The summed E-state index contributed by atoms with van der Waals surface area (Å²) in [7, 11) is 0. The first-order valence-corrected chi connectivity index (χ1v) is 8.38. The summed E-state index contributed by atoms with van der Waals surface area (Å²) in [6.45, 7) is 2.90. The maximum atomic E-state index is 13.0. The van der Waals surface area contributed by atoms with Gasteiger partial charge < -0.3 is 4.90 Å². The van der Waals surface area contributed by atoms with E-state index >= 15 is 0 Å². The molecule has 3 nitrogen and oxygen atoms in total. The number of nitrogens with zero attached hydrogens (tertiary/aromatic N) is 2. The van der Waals surface area contributed by atoms with Crippen LogP contribution in [0, 0.1) is 16.7 Å². The molecule has 2 heterocycles. The van der Waals surface area contributed by atoms with Crippen LogP contribution in [0.5, 0.6) is 0 Å². The third-order valence-electron chi connectivity index (χ3n) is 4.82. The van der Waals surface area contributed by atoms with Gasteiger partial charge in [0.2, 0.25) is 5.91 Å². The van der Waals surface area contributed by atoms with Gasteiger partial charge in [-0.1, -0.05) is 19.8 Å². The molecule has 1 amide bonds. The highest BCUT2D eigenvalue weighted by Gasteiger charge is 2.46. The van der Waals surface area contributed by atoms with Crippen molar-refractivity contribution in [2.45, 2.75) is 51.5 Å². The Kier molecular flexibility index (Phi) is 3.55. The lowest BCUT2D eigenvalue weighted by molar-refractivity contribution is -0.142. The highest BCUT2D eigenvalue weighted by molar-refractivity contribution is 7.10. The van der Waals surface area contributed by atoms with Crippen LogP contribution in [0.25, 0.3) is 0 Å². The Morgan fingerprint density at radius 2 is 2.30 bits per heavy atom. The summed E-state index contributed by atoms with van der Waals surface area (Å²) in [5.74, 6) is 0.0844. The molecule has 1 aliphatic heterocycles. The van der Waals surface area contributed by atoms with Crippen molar-refractivity contribution in [2.24, 2.45) is 5.41 Å². The number of amides is 1. The van der Waals surface area contributed by atoms with Gasteiger partial charge in [0.1, 0.15) is 5.41 Å². The van der Waals surface area contributed by atoms with Crippen LogP contribution in [0.15, 0.2) is 11.4 Å². The van der Waals surface area contributed by atoms with Crippen LogP contribution in [0.1, 0.15) is 55.5 Å². The lowest BCUT2D eigenvalue weighted by atomic mass is 9.84. The summed E-state index contributed by atoms with van der Waals surface area (Å²) in [4.78, 5) is 16.4. The Bertz CT molecular complexity index is 551. The maximum Gasteiger partial charge on any atom is 0.243 e. The van der Waals surface area contributed by atoms with Gasteiger partial charge in [-0.25, -0.2) is 0 Å². The van der Waals surface area contributed by atoms with E-state index in [9.17, 15) is 10.1 Å². The maximum absolute atomic E-state index is 13.0. The average molecular weight is 288 g/mol. The quantitative estimate of drug-likeness (QED) is 0.833. The molecule has 1 aromatic rings. The largest absolute Gasteiger partial charge is 0.334 e. The third-order valence-corrected chi connectivity index (χ3v) is 5.82. The van der Waals surface area contributed by atoms with Gasteiger partial charge in [-0.15, -0.1) is 11.3 Å². The molecule has 1 unspecified atom stereocenters. The molecule has 0 saturated heterocycles. The number of rotatable bonds is 2. The van der Waals surface area contributed by atoms with Gasteiger partial charge >= 0.3 is 0 Å². The van der Waals surface area contributed by atoms with Gasteiger partial charge in [-0.05, 0) is 42.7 Å². The van der Waals surface area contributed by atoms with E-state index in [4.69, 9.17) is 0 Å². The number of thiophene rings is 1. The molecule has 1 aliphatic carbocycles. The van der Waals surface area contributed by atoms with Gasteiger partial charge in [0.05, 0.1) is 12.1 Å². The molecule has 0 radical (unpaired) electrons. The zero-order chi connectivity index (χ0) is 14.2. The van der Waals surface area contributed by atoms with E-state index in [-0.39, 0.29) is 11.9 Å². The first-order valence-electron chi connectivity index (χ1n) is 7.50. The molecule has 0 aromatic carbocycles. The average Bonchev–Trinajstić information content (AvgIpc) is 3.14. The van der Waals surface area contributed by atoms with Crippen molar-refractivity contribution in [3.63, 3.8) is 0 Å². The predicted molar refractivity (Wildman–Crippen MR) is 79.3 cm³/mol. The first-order chi connectivity index (χ1) is 9.72. The summed E-state index contributed by atoms with van der Waals surface area (Å²) in [5, 5.41) is 11.7. The lowest BCUT2D eigenvalue weighted by Crippen LogP contribution is -2.46. The summed E-state index contributed by atoms with van der Waals surface area (Å²) >= 11 is 1.79. The number of nitriles is 1. The van der Waals surface area contributed by atoms with E-state index < -0.39 is 5.41 Å². The van der Waals surface area contributed by atoms with Gasteiger partial charge in [0.25, 0.3) is 0 Å². The molecule has 4 heteroatoms. The molecule has 1 aromatic heterocycles. The van der Waals surface area contributed by atoms with Gasteiger partial charge in [0, 0.05) is 11.4 Å². The number of hydrogen-bond donors (Lipinski definition) is 0. The Morgan fingerprint density at radius 1 is 1.55 bits per heavy atom. The second-order valence-corrected chi connectivity index (χ2v) is 6.87. The molecule has 106 valence electrons. The van der Waals surface area contributed by atoms with Crippen molar-refractivity contribution in [1.82, 2.24) is 4.90 Å². The van der Waals surface area contributed by atoms with Gasteiger partial charge in [-0.3, -0.25) is 4.79 Å². The molecule has 0 spiro atoms. The Labute approximate surface area is 124 Å². The standard InChI is InChI=1S/C16H20N2OS/c1-2-13-12-6-10-20-14(12)5-9-18(13)15(19)16(11-17)7-3-4-8-16/h6,10,13H,2-5,7-9H2,1H3. The van der Waals surface area contributed by atoms with E-state index in [1.807, 2.05) is 4.90 Å². The van der Waals surface area contributed by atoms with Crippen LogP contribution >= 0.6 is 11.3 Å². The van der Waals surface area contributed by atoms with Crippen molar-refractivity contribution in [3.8, 4) is 6.07 Å². The summed E-state index contributed by atoms with van der Waals surface area (Å²) in [6.07, 6.45) is 5.37. The Hall–Kier alpha value is -1.34. The third kappa shape index (κ3) is 1.96. The van der Waals surface area contributed by atoms with Crippen LogP contribution in [-0.4, -0.2) is 17.4 Å². The second kappa shape index (κ2) is 5.21.